The van der Waals surface area contributed by atoms with E-state index in [2.05, 4.69) is 60.6 Å². The maximum Gasteiger partial charge on any atom is 0.116 e. The third-order valence-corrected chi connectivity index (χ3v) is 5.64. The van der Waals surface area contributed by atoms with Crippen LogP contribution in [-0.4, -0.2) is 5.11 Å². The molecule has 0 saturated carbocycles. The van der Waals surface area contributed by atoms with Gasteiger partial charge in [0.25, 0.3) is 0 Å². The molecule has 2 aromatic carbocycles. The Balaban J connectivity index is 2.49. The summed E-state index contributed by atoms with van der Waals surface area (Å²) in [6.45, 7) is 15.3. The zero-order chi connectivity index (χ0) is 16.7. The lowest BCUT2D eigenvalue weighted by Crippen LogP contribution is -2.16. The first-order chi connectivity index (χ1) is 10.1. The summed E-state index contributed by atoms with van der Waals surface area (Å²) in [6, 6.07) is 8.23. The second-order valence-corrected chi connectivity index (χ2v) is 8.43. The van der Waals surface area contributed by atoms with Gasteiger partial charge in [-0.25, -0.2) is 0 Å². The van der Waals surface area contributed by atoms with E-state index in [1.165, 1.54) is 27.1 Å². The van der Waals surface area contributed by atoms with Crippen molar-refractivity contribution in [3.05, 3.63) is 57.6 Å². The minimum Gasteiger partial charge on any atom is -0.508 e. The Kier molecular flexibility index (Phi) is 4.62. The van der Waals surface area contributed by atoms with Crippen molar-refractivity contribution >= 4 is 11.8 Å². The maximum absolute atomic E-state index is 9.74. The van der Waals surface area contributed by atoms with Crippen molar-refractivity contribution in [1.82, 2.24) is 0 Å². The predicted octanol–water partition coefficient (Wildman–Crippen LogP) is 5.96. The van der Waals surface area contributed by atoms with Gasteiger partial charge in [-0.15, -0.1) is 11.8 Å². The molecule has 0 aliphatic rings. The summed E-state index contributed by atoms with van der Waals surface area (Å²) >= 11 is 1.88. The molecule has 0 aromatic heterocycles. The van der Waals surface area contributed by atoms with Gasteiger partial charge in [-0.1, -0.05) is 17.7 Å². The van der Waals surface area contributed by atoms with Crippen molar-refractivity contribution in [2.24, 2.45) is 0 Å². The van der Waals surface area contributed by atoms with Crippen molar-refractivity contribution in [3.63, 3.8) is 0 Å². The molecule has 22 heavy (non-hydrogen) atoms. The number of phenolic OH excluding ortho intramolecular Hbond substituents is 1. The van der Waals surface area contributed by atoms with E-state index in [9.17, 15) is 5.11 Å². The first-order valence-electron chi connectivity index (χ1n) is 7.69. The molecule has 0 heterocycles. The highest BCUT2D eigenvalue weighted by atomic mass is 32.2. The van der Waals surface area contributed by atoms with Gasteiger partial charge < -0.3 is 5.11 Å². The SMILES string of the molecule is Cc1cc(C)c(C(C)(C)Sc2c(C)cc(O)cc2C)c(C)c1. The fraction of sp³-hybridized carbons (Fsp3) is 0.400. The Morgan fingerprint density at radius 1 is 0.773 bits per heavy atom. The van der Waals surface area contributed by atoms with Crippen molar-refractivity contribution in [1.29, 1.82) is 0 Å². The van der Waals surface area contributed by atoms with Crippen LogP contribution in [0.2, 0.25) is 0 Å². The van der Waals surface area contributed by atoms with Gasteiger partial charge in [-0.3, -0.25) is 0 Å². The highest BCUT2D eigenvalue weighted by molar-refractivity contribution is 8.00. The molecule has 0 saturated heterocycles. The van der Waals surface area contributed by atoms with Crippen LogP contribution in [0.5, 0.6) is 5.75 Å². The molecule has 0 aliphatic carbocycles. The molecule has 1 N–H and O–H groups in total. The minimum absolute atomic E-state index is 0.0195. The Bertz CT molecular complexity index is 668. The van der Waals surface area contributed by atoms with Crippen LogP contribution in [0.25, 0.3) is 0 Å². The molecule has 0 spiro atoms. The van der Waals surface area contributed by atoms with Gasteiger partial charge >= 0.3 is 0 Å². The van der Waals surface area contributed by atoms with Crippen LogP contribution in [-0.2, 0) is 4.75 Å². The lowest BCUT2D eigenvalue weighted by molar-refractivity contribution is 0.473. The molecule has 0 fully saturated rings. The van der Waals surface area contributed by atoms with E-state index in [0.717, 1.165) is 11.1 Å². The summed E-state index contributed by atoms with van der Waals surface area (Å²) in [7, 11) is 0. The number of hydrogen-bond acceptors (Lipinski definition) is 2. The molecule has 2 aromatic rings. The molecule has 0 bridgehead atoms. The highest BCUT2D eigenvalue weighted by Crippen LogP contribution is 2.46. The number of rotatable bonds is 3. The summed E-state index contributed by atoms with van der Waals surface area (Å²) in [5.41, 5.74) is 7.70. The van der Waals surface area contributed by atoms with Crippen LogP contribution in [0.1, 0.15) is 47.2 Å². The van der Waals surface area contributed by atoms with Crippen molar-refractivity contribution in [3.8, 4) is 5.75 Å². The fourth-order valence-corrected chi connectivity index (χ4v) is 4.90. The van der Waals surface area contributed by atoms with E-state index in [4.69, 9.17) is 0 Å². The standard InChI is InChI=1S/C20H26OS/c1-12-8-13(2)18(14(3)9-12)20(6,7)22-19-15(4)10-17(21)11-16(19)5/h8-11,21H,1-7H3. The monoisotopic (exact) mass is 314 g/mol. The summed E-state index contributed by atoms with van der Waals surface area (Å²) in [6.07, 6.45) is 0. The van der Waals surface area contributed by atoms with E-state index in [1.807, 2.05) is 23.9 Å². The van der Waals surface area contributed by atoms with E-state index in [1.54, 1.807) is 0 Å². The van der Waals surface area contributed by atoms with E-state index >= 15 is 0 Å². The first kappa shape index (κ1) is 17.0. The van der Waals surface area contributed by atoms with E-state index < -0.39 is 0 Å². The third kappa shape index (κ3) is 3.33. The molecule has 0 aliphatic heterocycles. The zero-order valence-electron chi connectivity index (χ0n) is 14.7. The van der Waals surface area contributed by atoms with Crippen LogP contribution in [0.4, 0.5) is 0 Å². The quantitative estimate of drug-likeness (QED) is 0.705. The lowest BCUT2D eigenvalue weighted by Gasteiger charge is -2.30. The summed E-state index contributed by atoms with van der Waals surface area (Å²) in [5.74, 6) is 0.347. The van der Waals surface area contributed by atoms with Gasteiger partial charge in [0.05, 0.1) is 0 Å². The topological polar surface area (TPSA) is 20.2 Å². The lowest BCUT2D eigenvalue weighted by atomic mass is 9.91. The second-order valence-electron chi connectivity index (χ2n) is 6.79. The first-order valence-corrected chi connectivity index (χ1v) is 8.51. The second kappa shape index (κ2) is 6.00. The van der Waals surface area contributed by atoms with Gasteiger partial charge in [-0.05, 0) is 88.4 Å². The van der Waals surface area contributed by atoms with E-state index in [0.29, 0.717) is 5.75 Å². The van der Waals surface area contributed by atoms with Crippen LogP contribution < -0.4 is 0 Å². The van der Waals surface area contributed by atoms with Crippen LogP contribution in [0.3, 0.4) is 0 Å². The average molecular weight is 314 g/mol. The Hall–Kier alpha value is -1.41. The van der Waals surface area contributed by atoms with Gasteiger partial charge in [-0.2, -0.15) is 0 Å². The predicted molar refractivity (Wildman–Crippen MR) is 97.1 cm³/mol. The summed E-state index contributed by atoms with van der Waals surface area (Å²) in [5, 5.41) is 9.74. The normalized spacial score (nSPS) is 11.8. The van der Waals surface area contributed by atoms with Crippen molar-refractivity contribution in [2.45, 2.75) is 58.1 Å². The van der Waals surface area contributed by atoms with Gasteiger partial charge in [0.15, 0.2) is 0 Å². The molecule has 1 nitrogen and oxygen atoms in total. The molecule has 2 heteroatoms. The van der Waals surface area contributed by atoms with E-state index in [-0.39, 0.29) is 4.75 Å². The minimum atomic E-state index is -0.0195. The van der Waals surface area contributed by atoms with Crippen LogP contribution in [0.15, 0.2) is 29.2 Å². The van der Waals surface area contributed by atoms with Gasteiger partial charge in [0.1, 0.15) is 5.75 Å². The number of phenols is 1. The summed E-state index contributed by atoms with van der Waals surface area (Å²) in [4.78, 5) is 1.27. The molecular formula is C20H26OS. The number of hydrogen-bond donors (Lipinski definition) is 1. The fourth-order valence-electron chi connectivity index (χ4n) is 3.52. The molecule has 2 rings (SSSR count). The van der Waals surface area contributed by atoms with Crippen LogP contribution in [0, 0.1) is 34.6 Å². The molecular weight excluding hydrogens is 288 g/mol. The molecule has 0 radical (unpaired) electrons. The molecule has 0 amide bonds. The molecule has 118 valence electrons. The molecule has 0 atom stereocenters. The maximum atomic E-state index is 9.74. The number of aryl methyl sites for hydroxylation is 5. The Morgan fingerprint density at radius 2 is 1.23 bits per heavy atom. The largest absolute Gasteiger partial charge is 0.508 e. The number of thioether (sulfide) groups is 1. The Labute approximate surface area is 138 Å². The van der Waals surface area contributed by atoms with Crippen LogP contribution >= 0.6 is 11.8 Å². The smallest absolute Gasteiger partial charge is 0.116 e. The van der Waals surface area contributed by atoms with Crippen molar-refractivity contribution < 1.29 is 5.11 Å². The number of benzene rings is 2. The summed E-state index contributed by atoms with van der Waals surface area (Å²) < 4.78 is -0.0195. The van der Waals surface area contributed by atoms with Crippen molar-refractivity contribution in [2.75, 3.05) is 0 Å². The highest BCUT2D eigenvalue weighted by Gasteiger charge is 2.27. The Morgan fingerprint density at radius 3 is 1.68 bits per heavy atom. The third-order valence-electron chi connectivity index (χ3n) is 4.08. The van der Waals surface area contributed by atoms with Gasteiger partial charge in [0.2, 0.25) is 0 Å². The zero-order valence-corrected chi connectivity index (χ0v) is 15.5. The number of aromatic hydroxyl groups is 1. The van der Waals surface area contributed by atoms with Gasteiger partial charge in [0, 0.05) is 9.64 Å². The molecule has 0 unspecified atom stereocenters. The average Bonchev–Trinajstić information content (AvgIpc) is 2.31.